The van der Waals surface area contributed by atoms with E-state index in [4.69, 9.17) is 5.79 Å². The van der Waals surface area contributed by atoms with E-state index >= 15 is 4.39 Å². The van der Waals surface area contributed by atoms with Crippen LogP contribution in [-0.2, 0) is 38.2 Å². The molecule has 0 fully saturated rings. The standard InChI is InChI=1S/C54H46FN3O/c1-36(2)45-25-26-47-46-14-9-15-48(53(46)59-54(47)52(45)55)51-29-24-39(35-58-51)18-21-42-31-40(19-16-37-22-27-49(56-33-37)43-10-5-3-6-11-43)30-41(32-42)20-17-38-23-28-50(57-34-38)44-12-7-4-8-13-44/h3-15,22-36H,16-21H2,1-2H3/i16D2,17D2,18D2,19D2,20D2,21D2,36D. The molecular formula is C54H46FN3O. The predicted octanol–water partition coefficient (Wildman–Crippen LogP) is 13.4. The molecule has 0 aliphatic carbocycles. The van der Waals surface area contributed by atoms with Crippen molar-refractivity contribution in [2.75, 3.05) is 0 Å². The third kappa shape index (κ3) is 8.47. The van der Waals surface area contributed by atoms with E-state index in [0.717, 1.165) is 35.5 Å². The number of rotatable bonds is 13. The van der Waals surface area contributed by atoms with Gasteiger partial charge in [-0.2, -0.15) is 0 Å². The zero-order valence-electron chi connectivity index (χ0n) is 45.2. The molecule has 0 aliphatic heterocycles. The van der Waals surface area contributed by atoms with Crippen LogP contribution in [0.4, 0.5) is 4.39 Å². The summed E-state index contributed by atoms with van der Waals surface area (Å²) in [6, 6.07) is 37.9. The Morgan fingerprint density at radius 2 is 0.949 bits per heavy atom. The van der Waals surface area contributed by atoms with Gasteiger partial charge in [-0.3, -0.25) is 15.0 Å². The molecule has 5 heteroatoms. The molecule has 0 radical (unpaired) electrons. The fourth-order valence-electron chi connectivity index (χ4n) is 6.82. The Bertz CT molecular complexity index is 3330. The van der Waals surface area contributed by atoms with Crippen molar-refractivity contribution in [3.8, 4) is 33.8 Å². The lowest BCUT2D eigenvalue weighted by Crippen LogP contribution is -2.00. The summed E-state index contributed by atoms with van der Waals surface area (Å²) in [5.41, 5.74) is 1.07. The van der Waals surface area contributed by atoms with E-state index in [-0.39, 0.29) is 39.1 Å². The number of aromatic nitrogens is 3. The summed E-state index contributed by atoms with van der Waals surface area (Å²) in [4.78, 5) is 13.3. The number of pyridine rings is 3. The summed E-state index contributed by atoms with van der Waals surface area (Å²) < 4.78 is 142. The SMILES string of the molecule is [2H]C(C)(C)c1ccc2c(oc3c(-c4ccc(C([2H])([2H])C([2H])([2H])c5cc(C([2H])([2H])C([2H])([2H])c6ccc(-c7ccccc7)nc6)cc(C([2H])([2H])C([2H])([2H])c6ccc(-c7ccccc7)nc6)c5)cn4)cccc32)c1F. The van der Waals surface area contributed by atoms with Crippen molar-refractivity contribution in [2.45, 2.75) is 58.0 Å². The average molecular weight is 785 g/mol. The maximum atomic E-state index is 15.8. The monoisotopic (exact) mass is 784 g/mol. The number of hydrogen-bond donors (Lipinski definition) is 0. The van der Waals surface area contributed by atoms with Crippen molar-refractivity contribution < 1.29 is 26.6 Å². The molecule has 4 nitrogen and oxygen atoms in total. The highest BCUT2D eigenvalue weighted by Gasteiger charge is 2.19. The molecule has 0 N–H and O–H groups in total. The topological polar surface area (TPSA) is 51.8 Å². The second kappa shape index (κ2) is 17.0. The number of fused-ring (bicyclic) bond motifs is 3. The molecule has 9 rings (SSSR count). The molecule has 9 aromatic rings. The quantitative estimate of drug-likeness (QED) is 0.117. The van der Waals surface area contributed by atoms with Gasteiger partial charge in [0.25, 0.3) is 0 Å². The minimum absolute atomic E-state index is 0.0387. The number of aryl methyl sites for hydroxylation is 6. The summed E-state index contributed by atoms with van der Waals surface area (Å²) in [5, 5.41) is 1.05. The van der Waals surface area contributed by atoms with Crippen molar-refractivity contribution >= 4 is 21.9 Å². The smallest absolute Gasteiger partial charge is 0.171 e. The second-order valence-electron chi connectivity index (χ2n) is 14.2. The van der Waals surface area contributed by atoms with Crippen LogP contribution in [0.2, 0.25) is 0 Å². The van der Waals surface area contributed by atoms with Gasteiger partial charge in [0, 0.05) is 63.9 Å². The molecule has 290 valence electrons. The first kappa shape index (κ1) is 25.6. The van der Waals surface area contributed by atoms with E-state index < -0.39 is 66.6 Å². The zero-order valence-corrected chi connectivity index (χ0v) is 32.2. The van der Waals surface area contributed by atoms with Gasteiger partial charge in [-0.25, -0.2) is 4.39 Å². The fraction of sp³-hybridized carbons (Fsp3) is 0.167. The minimum atomic E-state index is -3.15. The van der Waals surface area contributed by atoms with Crippen LogP contribution in [0.3, 0.4) is 0 Å². The number of para-hydroxylation sites is 1. The van der Waals surface area contributed by atoms with Crippen LogP contribution < -0.4 is 0 Å². The van der Waals surface area contributed by atoms with Gasteiger partial charge in [0.1, 0.15) is 5.58 Å². The van der Waals surface area contributed by atoms with E-state index in [1.54, 1.807) is 44.2 Å². The van der Waals surface area contributed by atoms with Crippen LogP contribution in [0.25, 0.3) is 55.7 Å². The highest BCUT2D eigenvalue weighted by molar-refractivity contribution is 6.09. The van der Waals surface area contributed by atoms with Crippen LogP contribution in [0, 0.1) is 5.82 Å². The lowest BCUT2D eigenvalue weighted by molar-refractivity contribution is 0.566. The summed E-state index contributed by atoms with van der Waals surface area (Å²) in [6.45, 7) is 3.14. The van der Waals surface area contributed by atoms with E-state index in [0.29, 0.717) is 27.7 Å². The molecular weight excluding hydrogens is 726 g/mol. The number of furan rings is 1. The first-order chi connectivity index (χ1) is 33.8. The van der Waals surface area contributed by atoms with E-state index in [1.807, 2.05) is 60.7 Å². The van der Waals surface area contributed by atoms with Gasteiger partial charge in [0.05, 0.1) is 17.1 Å². The summed E-state index contributed by atoms with van der Waals surface area (Å²) in [6.07, 6.45) is -14.7. The molecule has 0 atom stereocenters. The molecule has 0 bridgehead atoms. The summed E-state index contributed by atoms with van der Waals surface area (Å²) >= 11 is 0. The average Bonchev–Trinajstić information content (AvgIpc) is 3.76. The van der Waals surface area contributed by atoms with E-state index in [1.165, 1.54) is 48.8 Å². The van der Waals surface area contributed by atoms with Crippen molar-refractivity contribution in [1.29, 1.82) is 0 Å². The molecule has 59 heavy (non-hydrogen) atoms. The van der Waals surface area contributed by atoms with Crippen molar-refractivity contribution in [2.24, 2.45) is 0 Å². The Balaban J connectivity index is 1.13. The molecule has 4 aromatic heterocycles. The highest BCUT2D eigenvalue weighted by Crippen LogP contribution is 2.38. The predicted molar refractivity (Wildman–Crippen MR) is 239 cm³/mol. The largest absolute Gasteiger partial charge is 0.452 e. The molecule has 0 saturated heterocycles. The maximum Gasteiger partial charge on any atom is 0.171 e. The van der Waals surface area contributed by atoms with Gasteiger partial charge < -0.3 is 4.42 Å². The van der Waals surface area contributed by atoms with Gasteiger partial charge in [-0.05, 0) is 113 Å². The van der Waals surface area contributed by atoms with Crippen LogP contribution in [0.15, 0.2) is 169 Å². The first-order valence-corrected chi connectivity index (χ1v) is 19.1. The van der Waals surface area contributed by atoms with Gasteiger partial charge in [-0.15, -0.1) is 0 Å². The molecule has 0 spiro atoms. The van der Waals surface area contributed by atoms with E-state index in [9.17, 15) is 16.4 Å². The number of hydrogen-bond acceptors (Lipinski definition) is 4. The van der Waals surface area contributed by atoms with Gasteiger partial charge >= 0.3 is 0 Å². The summed E-state index contributed by atoms with van der Waals surface area (Å²) in [5.74, 6) is -1.91. The maximum absolute atomic E-state index is 15.8. The minimum Gasteiger partial charge on any atom is -0.452 e. The van der Waals surface area contributed by atoms with Crippen LogP contribution >= 0.6 is 0 Å². The number of benzene rings is 5. The molecule has 5 aromatic carbocycles. The van der Waals surface area contributed by atoms with Gasteiger partial charge in [0.2, 0.25) is 0 Å². The highest BCUT2D eigenvalue weighted by atomic mass is 19.1. The molecule has 0 unspecified atom stereocenters. The summed E-state index contributed by atoms with van der Waals surface area (Å²) in [7, 11) is 0. The van der Waals surface area contributed by atoms with Gasteiger partial charge in [0.15, 0.2) is 11.4 Å². The van der Waals surface area contributed by atoms with Crippen LogP contribution in [0.5, 0.6) is 0 Å². The molecule has 4 heterocycles. The van der Waals surface area contributed by atoms with Crippen molar-refractivity contribution in [3.63, 3.8) is 0 Å². The Labute approximate surface area is 363 Å². The lowest BCUT2D eigenvalue weighted by Gasteiger charge is -2.12. The first-order valence-electron chi connectivity index (χ1n) is 25.6. The zero-order chi connectivity index (χ0) is 51.8. The normalized spacial score (nSPS) is 16.4. The van der Waals surface area contributed by atoms with E-state index in [2.05, 4.69) is 15.0 Å². The Kier molecular flexibility index (Phi) is 7.38. The Morgan fingerprint density at radius 1 is 0.492 bits per heavy atom. The van der Waals surface area contributed by atoms with Crippen LogP contribution in [0.1, 0.15) is 76.5 Å². The molecule has 0 aliphatic rings. The Hall–Kier alpha value is -6.72. The number of halogens is 1. The fourth-order valence-corrected chi connectivity index (χ4v) is 6.82. The molecule has 0 amide bonds. The van der Waals surface area contributed by atoms with Crippen molar-refractivity contribution in [3.05, 3.63) is 209 Å². The third-order valence-corrected chi connectivity index (χ3v) is 9.84. The second-order valence-corrected chi connectivity index (χ2v) is 14.2. The number of nitrogens with zero attached hydrogens (tertiary/aromatic N) is 3. The third-order valence-electron chi connectivity index (χ3n) is 9.84. The lowest BCUT2D eigenvalue weighted by atomic mass is 9.94. The molecule has 0 saturated carbocycles. The Morgan fingerprint density at radius 3 is 1.41 bits per heavy atom. The van der Waals surface area contributed by atoms with Gasteiger partial charge in [-0.1, -0.05) is 129 Å². The van der Waals surface area contributed by atoms with Crippen molar-refractivity contribution in [1.82, 2.24) is 15.0 Å². The van der Waals surface area contributed by atoms with Crippen LogP contribution in [-0.4, -0.2) is 15.0 Å².